The number of carbonyl (C=O) groups is 1. The molecule has 1 aromatic carbocycles. The molecule has 0 atom stereocenters. The Hall–Kier alpha value is -1.78. The molecule has 5 heteroatoms. The molecule has 0 saturated carbocycles. The molecule has 19 heavy (non-hydrogen) atoms. The highest BCUT2D eigenvalue weighted by atomic mass is 19.1. The lowest BCUT2D eigenvalue weighted by molar-refractivity contribution is -0.143. The molecule has 0 heterocycles. The number of nitrogen functional groups attached to an aromatic ring is 1. The summed E-state index contributed by atoms with van der Waals surface area (Å²) in [6, 6.07) is 4.45. The molecule has 0 unspecified atom stereocenters. The molecular weight excluding hydrogens is 249 g/mol. The molecule has 0 bridgehead atoms. The Labute approximate surface area is 112 Å². The van der Waals surface area contributed by atoms with E-state index in [1.54, 1.807) is 13.0 Å². The number of nitrogens with two attached hydrogens (primary N) is 1. The summed E-state index contributed by atoms with van der Waals surface area (Å²) in [7, 11) is 0. The van der Waals surface area contributed by atoms with E-state index in [-0.39, 0.29) is 11.7 Å². The van der Waals surface area contributed by atoms with Crippen molar-refractivity contribution in [3.8, 4) is 5.75 Å². The van der Waals surface area contributed by atoms with Crippen molar-refractivity contribution in [1.29, 1.82) is 0 Å². The molecule has 0 aliphatic rings. The SMILES string of the molecule is CCOC(=O)CCCCCOc1c(N)cccc1F. The summed E-state index contributed by atoms with van der Waals surface area (Å²) in [4.78, 5) is 11.1. The first-order chi connectivity index (χ1) is 9.15. The maximum atomic E-state index is 13.4. The largest absolute Gasteiger partial charge is 0.488 e. The van der Waals surface area contributed by atoms with Crippen molar-refractivity contribution < 1.29 is 18.7 Å². The lowest BCUT2D eigenvalue weighted by atomic mass is 10.2. The quantitative estimate of drug-likeness (QED) is 0.448. The van der Waals surface area contributed by atoms with Gasteiger partial charge in [0.1, 0.15) is 0 Å². The number of benzene rings is 1. The predicted octanol–water partition coefficient (Wildman–Crippen LogP) is 2.91. The number of rotatable bonds is 8. The van der Waals surface area contributed by atoms with Crippen LogP contribution in [0, 0.1) is 5.82 Å². The van der Waals surface area contributed by atoms with Gasteiger partial charge >= 0.3 is 5.97 Å². The summed E-state index contributed by atoms with van der Waals surface area (Å²) in [6.07, 6.45) is 2.73. The van der Waals surface area contributed by atoms with Crippen molar-refractivity contribution in [2.75, 3.05) is 18.9 Å². The summed E-state index contributed by atoms with van der Waals surface area (Å²) in [5.74, 6) is -0.527. The second-order valence-corrected chi connectivity index (χ2v) is 4.12. The van der Waals surface area contributed by atoms with E-state index in [1.165, 1.54) is 12.1 Å². The summed E-state index contributed by atoms with van der Waals surface area (Å²) < 4.78 is 23.5. The van der Waals surface area contributed by atoms with E-state index in [0.29, 0.717) is 25.3 Å². The molecule has 0 radical (unpaired) electrons. The average Bonchev–Trinajstić information content (AvgIpc) is 2.36. The van der Waals surface area contributed by atoms with Crippen LogP contribution < -0.4 is 10.5 Å². The van der Waals surface area contributed by atoms with Crippen LogP contribution in [0.4, 0.5) is 10.1 Å². The highest BCUT2D eigenvalue weighted by molar-refractivity contribution is 5.69. The number of esters is 1. The van der Waals surface area contributed by atoms with Crippen LogP contribution in [-0.2, 0) is 9.53 Å². The van der Waals surface area contributed by atoms with E-state index in [9.17, 15) is 9.18 Å². The Bertz CT molecular complexity index is 389. The van der Waals surface area contributed by atoms with Gasteiger partial charge in [-0.3, -0.25) is 4.79 Å². The van der Waals surface area contributed by atoms with Crippen molar-refractivity contribution in [1.82, 2.24) is 0 Å². The van der Waals surface area contributed by atoms with E-state index in [1.807, 2.05) is 0 Å². The third-order valence-corrected chi connectivity index (χ3v) is 2.57. The molecule has 0 saturated heterocycles. The van der Waals surface area contributed by atoms with Gasteiger partial charge in [0.25, 0.3) is 0 Å². The molecule has 1 aromatic rings. The van der Waals surface area contributed by atoms with Crippen molar-refractivity contribution in [3.05, 3.63) is 24.0 Å². The van der Waals surface area contributed by atoms with Gasteiger partial charge in [0, 0.05) is 6.42 Å². The number of anilines is 1. The van der Waals surface area contributed by atoms with Gasteiger partial charge in [-0.1, -0.05) is 6.07 Å². The number of unbranched alkanes of at least 4 members (excludes halogenated alkanes) is 2. The average molecular weight is 269 g/mol. The second kappa shape index (κ2) is 8.34. The zero-order valence-electron chi connectivity index (χ0n) is 11.2. The Morgan fingerprint density at radius 3 is 2.79 bits per heavy atom. The van der Waals surface area contributed by atoms with Crippen LogP contribution in [0.3, 0.4) is 0 Å². The van der Waals surface area contributed by atoms with Crippen LogP contribution in [0.25, 0.3) is 0 Å². The van der Waals surface area contributed by atoms with Crippen LogP contribution in [0.2, 0.25) is 0 Å². The van der Waals surface area contributed by atoms with Crippen LogP contribution >= 0.6 is 0 Å². The Morgan fingerprint density at radius 2 is 2.11 bits per heavy atom. The first-order valence-electron chi connectivity index (χ1n) is 6.47. The standard InChI is InChI=1S/C14H20FNO3/c1-2-18-13(17)9-4-3-5-10-19-14-11(15)7-6-8-12(14)16/h6-8H,2-5,9-10,16H2,1H3. The normalized spacial score (nSPS) is 10.2. The summed E-state index contributed by atoms with van der Waals surface area (Å²) in [5, 5.41) is 0. The molecule has 0 aliphatic heterocycles. The predicted molar refractivity (Wildman–Crippen MR) is 71.4 cm³/mol. The number of para-hydroxylation sites is 1. The molecular formula is C14H20FNO3. The van der Waals surface area contributed by atoms with Crippen molar-refractivity contribution in [2.45, 2.75) is 32.6 Å². The van der Waals surface area contributed by atoms with Crippen molar-refractivity contribution in [3.63, 3.8) is 0 Å². The minimum atomic E-state index is -0.452. The minimum absolute atomic E-state index is 0.105. The van der Waals surface area contributed by atoms with Crippen LogP contribution in [0.5, 0.6) is 5.75 Å². The van der Waals surface area contributed by atoms with Gasteiger partial charge in [-0.25, -0.2) is 4.39 Å². The molecule has 2 N–H and O–H groups in total. The third-order valence-electron chi connectivity index (χ3n) is 2.57. The first-order valence-corrected chi connectivity index (χ1v) is 6.47. The Balaban J connectivity index is 2.16. The van der Waals surface area contributed by atoms with E-state index in [0.717, 1.165) is 19.3 Å². The van der Waals surface area contributed by atoms with Gasteiger partial charge in [0.05, 0.1) is 18.9 Å². The number of ether oxygens (including phenoxy) is 2. The highest BCUT2D eigenvalue weighted by Crippen LogP contribution is 2.24. The van der Waals surface area contributed by atoms with Crippen LogP contribution in [0.1, 0.15) is 32.6 Å². The number of halogens is 1. The molecule has 4 nitrogen and oxygen atoms in total. The summed E-state index contributed by atoms with van der Waals surface area (Å²) >= 11 is 0. The zero-order valence-corrected chi connectivity index (χ0v) is 11.2. The molecule has 0 aromatic heterocycles. The van der Waals surface area contributed by atoms with E-state index in [2.05, 4.69) is 0 Å². The number of carbonyl (C=O) groups excluding carboxylic acids is 1. The lowest BCUT2D eigenvalue weighted by Crippen LogP contribution is -2.05. The fourth-order valence-electron chi connectivity index (χ4n) is 1.63. The van der Waals surface area contributed by atoms with Crippen LogP contribution in [0.15, 0.2) is 18.2 Å². The molecule has 0 aliphatic carbocycles. The summed E-state index contributed by atoms with van der Waals surface area (Å²) in [6.45, 7) is 2.58. The number of hydrogen-bond donors (Lipinski definition) is 1. The molecule has 106 valence electrons. The monoisotopic (exact) mass is 269 g/mol. The van der Waals surface area contributed by atoms with E-state index >= 15 is 0 Å². The highest BCUT2D eigenvalue weighted by Gasteiger charge is 2.06. The molecule has 0 fully saturated rings. The zero-order chi connectivity index (χ0) is 14.1. The maximum Gasteiger partial charge on any atom is 0.305 e. The van der Waals surface area contributed by atoms with Crippen LogP contribution in [-0.4, -0.2) is 19.2 Å². The fourth-order valence-corrected chi connectivity index (χ4v) is 1.63. The van der Waals surface area contributed by atoms with E-state index < -0.39 is 5.82 Å². The third kappa shape index (κ3) is 5.59. The van der Waals surface area contributed by atoms with Crippen molar-refractivity contribution >= 4 is 11.7 Å². The molecule has 1 rings (SSSR count). The van der Waals surface area contributed by atoms with Gasteiger partial charge in [-0.15, -0.1) is 0 Å². The van der Waals surface area contributed by atoms with Gasteiger partial charge in [-0.05, 0) is 38.3 Å². The first kappa shape index (κ1) is 15.3. The van der Waals surface area contributed by atoms with Gasteiger partial charge in [0.2, 0.25) is 0 Å². The Morgan fingerprint density at radius 1 is 1.32 bits per heavy atom. The summed E-state index contributed by atoms with van der Waals surface area (Å²) in [5.41, 5.74) is 5.91. The lowest BCUT2D eigenvalue weighted by Gasteiger charge is -2.09. The minimum Gasteiger partial charge on any atom is -0.488 e. The van der Waals surface area contributed by atoms with Gasteiger partial charge in [0.15, 0.2) is 11.6 Å². The van der Waals surface area contributed by atoms with Gasteiger partial charge < -0.3 is 15.2 Å². The fraction of sp³-hybridized carbons (Fsp3) is 0.500. The molecule has 0 spiro atoms. The van der Waals surface area contributed by atoms with Crippen molar-refractivity contribution in [2.24, 2.45) is 0 Å². The second-order valence-electron chi connectivity index (χ2n) is 4.12. The topological polar surface area (TPSA) is 61.5 Å². The van der Waals surface area contributed by atoms with E-state index in [4.69, 9.17) is 15.2 Å². The smallest absolute Gasteiger partial charge is 0.305 e. The van der Waals surface area contributed by atoms with Gasteiger partial charge in [-0.2, -0.15) is 0 Å². The Kier molecular flexibility index (Phi) is 6.71. The maximum absolute atomic E-state index is 13.4. The number of hydrogen-bond acceptors (Lipinski definition) is 4. The molecule has 0 amide bonds.